The second-order valence-corrected chi connectivity index (χ2v) is 25.2. The molecule has 0 aliphatic heterocycles. The summed E-state index contributed by atoms with van der Waals surface area (Å²) in [7, 11) is 0. The molecule has 8 aromatic carbocycles. The molecule has 0 bridgehead atoms. The van der Waals surface area contributed by atoms with E-state index in [2.05, 4.69) is 256 Å². The van der Waals surface area contributed by atoms with Crippen LogP contribution in [0.4, 0.5) is 0 Å². The number of hydrogen-bond acceptors (Lipinski definition) is 4. The van der Waals surface area contributed by atoms with E-state index < -0.39 is 0 Å². The predicted octanol–water partition coefficient (Wildman–Crippen LogP) is 21.2. The van der Waals surface area contributed by atoms with Crippen molar-refractivity contribution in [1.29, 1.82) is 0 Å². The largest absolute Gasteiger partial charge is 0.507 e. The molecule has 8 rings (SSSR count). The number of ether oxygens (including phenoxy) is 2. The zero-order valence-corrected chi connectivity index (χ0v) is 49.6. The lowest BCUT2D eigenvalue weighted by atomic mass is 9.79. The summed E-state index contributed by atoms with van der Waals surface area (Å²) in [6, 6.07) is 55.6. The second-order valence-electron chi connectivity index (χ2n) is 25.2. The molecule has 0 spiro atoms. The summed E-state index contributed by atoms with van der Waals surface area (Å²) in [6.45, 7) is 35.6. The van der Waals surface area contributed by atoms with E-state index in [1.165, 1.54) is 22.3 Å². The summed E-state index contributed by atoms with van der Waals surface area (Å²) in [4.78, 5) is 0. The molecule has 4 heteroatoms. The molecular weight excluding hydrogens is 953 g/mol. The first-order valence-corrected chi connectivity index (χ1v) is 28.6. The van der Waals surface area contributed by atoms with Crippen LogP contribution in [-0.4, -0.2) is 10.2 Å². The Bertz CT molecular complexity index is 3080. The van der Waals surface area contributed by atoms with Crippen LogP contribution in [0, 0.1) is 13.8 Å². The summed E-state index contributed by atoms with van der Waals surface area (Å²) in [5.41, 5.74) is 18.1. The number of phenolic OH excluding ortho intramolecular Hbond substituents is 2. The highest BCUT2D eigenvalue weighted by Gasteiger charge is 2.30. The van der Waals surface area contributed by atoms with Gasteiger partial charge < -0.3 is 19.7 Å². The zero-order chi connectivity index (χ0) is 56.4. The van der Waals surface area contributed by atoms with Crippen LogP contribution < -0.4 is 9.47 Å². The van der Waals surface area contributed by atoms with Crippen molar-refractivity contribution in [2.24, 2.45) is 0 Å². The smallest absolute Gasteiger partial charge is 0.131 e. The highest BCUT2D eigenvalue weighted by atomic mass is 16.5. The highest BCUT2D eigenvalue weighted by Crippen LogP contribution is 2.51. The van der Waals surface area contributed by atoms with Crippen LogP contribution in [0.5, 0.6) is 23.0 Å². The van der Waals surface area contributed by atoms with E-state index >= 15 is 0 Å². The molecular formula is C74H86O4. The number of benzene rings is 8. The van der Waals surface area contributed by atoms with Crippen molar-refractivity contribution in [3.63, 3.8) is 0 Å². The first kappa shape index (κ1) is 57.1. The van der Waals surface area contributed by atoms with Crippen molar-refractivity contribution in [3.8, 4) is 67.5 Å². The monoisotopic (exact) mass is 1040 g/mol. The average molecular weight is 1040 g/mol. The molecule has 2 atom stereocenters. The van der Waals surface area contributed by atoms with Gasteiger partial charge in [0.1, 0.15) is 35.2 Å². The fourth-order valence-corrected chi connectivity index (χ4v) is 11.1. The average Bonchev–Trinajstić information content (AvgIpc) is 3.42. The minimum absolute atomic E-state index is 0.212. The molecule has 0 heterocycles. The topological polar surface area (TPSA) is 58.9 Å². The van der Waals surface area contributed by atoms with Crippen molar-refractivity contribution < 1.29 is 19.7 Å². The molecule has 4 nitrogen and oxygen atoms in total. The van der Waals surface area contributed by atoms with E-state index in [-0.39, 0.29) is 58.2 Å². The minimum Gasteiger partial charge on any atom is -0.507 e. The van der Waals surface area contributed by atoms with Crippen molar-refractivity contribution in [3.05, 3.63) is 213 Å². The van der Waals surface area contributed by atoms with Gasteiger partial charge in [-0.1, -0.05) is 217 Å². The third-order valence-corrected chi connectivity index (χ3v) is 15.7. The fourth-order valence-electron chi connectivity index (χ4n) is 11.1. The van der Waals surface area contributed by atoms with Crippen LogP contribution >= 0.6 is 0 Å². The molecule has 78 heavy (non-hydrogen) atoms. The molecule has 0 aliphatic rings. The standard InChI is InChI=1S/C74H86O4/c1-45(2)55-29-23-30-56(46(3)4)69(55)63-43-53(73(11,12)13)41-61(71(63)75)59-39-49(9)33-35-67(59)77-65(51-25-19-17-20-26-51)37-38-66(52-27-21-18-22-28-52)78-68-36-34-50(10)40-60(68)62-42-54(74(14,15)16)44-64(72(62)76)70-57(47(5)6)31-24-32-58(70)48(7)8/h17-36,39-48,65-66,75-76H,37-38H2,1-16H3/t65-,66+. The van der Waals surface area contributed by atoms with E-state index in [4.69, 9.17) is 9.47 Å². The molecule has 0 radical (unpaired) electrons. The Morgan fingerprint density at radius 3 is 0.962 bits per heavy atom. The van der Waals surface area contributed by atoms with Gasteiger partial charge in [0, 0.05) is 33.4 Å². The molecule has 0 aliphatic carbocycles. The first-order valence-electron chi connectivity index (χ1n) is 28.6. The second kappa shape index (κ2) is 23.5. The molecule has 8 aromatic rings. The summed E-state index contributed by atoms with van der Waals surface area (Å²) < 4.78 is 14.8. The number of hydrogen-bond donors (Lipinski definition) is 2. The quantitative estimate of drug-likeness (QED) is 0.0954. The van der Waals surface area contributed by atoms with Gasteiger partial charge in [-0.3, -0.25) is 0 Å². The molecule has 0 aromatic heterocycles. The van der Waals surface area contributed by atoms with E-state index in [1.807, 2.05) is 12.1 Å². The molecule has 0 saturated heterocycles. The Balaban J connectivity index is 1.24. The van der Waals surface area contributed by atoms with Gasteiger partial charge in [0.2, 0.25) is 0 Å². The Morgan fingerprint density at radius 2 is 0.667 bits per heavy atom. The molecule has 0 unspecified atom stereocenters. The number of aryl methyl sites for hydroxylation is 2. The lowest BCUT2D eigenvalue weighted by Crippen LogP contribution is -2.15. The Hall–Kier alpha value is -7.04. The van der Waals surface area contributed by atoms with Gasteiger partial charge in [0.15, 0.2) is 0 Å². The third-order valence-electron chi connectivity index (χ3n) is 15.7. The van der Waals surface area contributed by atoms with Gasteiger partial charge in [-0.2, -0.15) is 0 Å². The summed E-state index contributed by atoms with van der Waals surface area (Å²) >= 11 is 0. The SMILES string of the molecule is Cc1ccc(O[C@@H](CC[C@@H](Oc2ccc(C)cc2-c2cc(C(C)(C)C)cc(-c3c(C(C)C)cccc3C(C)C)c2O)c2ccccc2)c2ccccc2)c(-c2cc(C(C)(C)C)cc(-c3c(C(C)C)cccc3C(C)C)c2O)c1. The summed E-state index contributed by atoms with van der Waals surface area (Å²) in [6.07, 6.45) is 0.450. The normalized spacial score (nSPS) is 12.9. The fraction of sp³-hybridized carbons (Fsp3) is 0.351. The van der Waals surface area contributed by atoms with Gasteiger partial charge in [-0.05, 0) is 165 Å². The van der Waals surface area contributed by atoms with E-state index in [0.717, 1.165) is 77.9 Å². The maximum atomic E-state index is 12.9. The summed E-state index contributed by atoms with van der Waals surface area (Å²) in [5, 5.41) is 25.7. The highest BCUT2D eigenvalue weighted by molar-refractivity contribution is 5.90. The predicted molar refractivity (Wildman–Crippen MR) is 330 cm³/mol. The van der Waals surface area contributed by atoms with Crippen LogP contribution in [0.1, 0.15) is 201 Å². The number of phenols is 2. The third kappa shape index (κ3) is 12.4. The van der Waals surface area contributed by atoms with Crippen LogP contribution in [0.2, 0.25) is 0 Å². The molecule has 0 fully saturated rings. The molecule has 0 amide bonds. The zero-order valence-electron chi connectivity index (χ0n) is 49.6. The van der Waals surface area contributed by atoms with Gasteiger partial charge in [-0.25, -0.2) is 0 Å². The maximum absolute atomic E-state index is 12.9. The Morgan fingerprint density at radius 1 is 0.359 bits per heavy atom. The van der Waals surface area contributed by atoms with Crippen LogP contribution in [-0.2, 0) is 10.8 Å². The number of rotatable bonds is 17. The van der Waals surface area contributed by atoms with Crippen molar-refractivity contribution in [2.75, 3.05) is 0 Å². The van der Waals surface area contributed by atoms with Crippen LogP contribution in [0.15, 0.2) is 158 Å². The molecule has 0 saturated carbocycles. The van der Waals surface area contributed by atoms with Crippen molar-refractivity contribution in [1.82, 2.24) is 0 Å². The van der Waals surface area contributed by atoms with Crippen LogP contribution in [0.25, 0.3) is 44.5 Å². The van der Waals surface area contributed by atoms with E-state index in [1.54, 1.807) is 0 Å². The summed E-state index contributed by atoms with van der Waals surface area (Å²) in [5.74, 6) is 2.92. The maximum Gasteiger partial charge on any atom is 0.131 e. The van der Waals surface area contributed by atoms with E-state index in [9.17, 15) is 10.2 Å². The Kier molecular flexibility index (Phi) is 17.2. The minimum atomic E-state index is -0.382. The lowest BCUT2D eigenvalue weighted by Gasteiger charge is -2.28. The Labute approximate surface area is 468 Å². The van der Waals surface area contributed by atoms with E-state index in [0.29, 0.717) is 24.3 Å². The van der Waals surface area contributed by atoms with Gasteiger partial charge in [-0.15, -0.1) is 0 Å². The van der Waals surface area contributed by atoms with Gasteiger partial charge in [0.25, 0.3) is 0 Å². The van der Waals surface area contributed by atoms with Crippen molar-refractivity contribution >= 4 is 0 Å². The van der Waals surface area contributed by atoms with Crippen molar-refractivity contribution in [2.45, 2.75) is 170 Å². The first-order chi connectivity index (χ1) is 36.9. The van der Waals surface area contributed by atoms with Crippen LogP contribution in [0.3, 0.4) is 0 Å². The lowest BCUT2D eigenvalue weighted by molar-refractivity contribution is 0.143. The number of aromatic hydroxyl groups is 2. The van der Waals surface area contributed by atoms with Gasteiger partial charge in [0.05, 0.1) is 0 Å². The molecule has 2 N–H and O–H groups in total. The van der Waals surface area contributed by atoms with Gasteiger partial charge >= 0.3 is 0 Å². The molecule has 406 valence electrons.